The van der Waals surface area contributed by atoms with E-state index >= 15 is 0 Å². The number of ketones is 1. The maximum atomic E-state index is 13.3. The normalized spacial score (nSPS) is 14.7. The maximum Gasteiger partial charge on any atom is 0.352 e. The van der Waals surface area contributed by atoms with Crippen LogP contribution in [0.3, 0.4) is 0 Å². The lowest BCUT2D eigenvalue weighted by molar-refractivity contribution is -0.121. The molecule has 0 bridgehead atoms. The molecule has 5 aromatic rings. The van der Waals surface area contributed by atoms with Crippen molar-refractivity contribution in [2.45, 2.75) is 25.3 Å². The number of hydrogen-bond donors (Lipinski definition) is 2. The smallest absolute Gasteiger partial charge is 0.352 e. The molecule has 0 saturated heterocycles. The van der Waals surface area contributed by atoms with E-state index in [2.05, 4.69) is 20.5 Å². The first kappa shape index (κ1) is 22.9. The highest BCUT2D eigenvalue weighted by Crippen LogP contribution is 2.33. The number of carboxylic acids is 1. The van der Waals surface area contributed by atoms with Crippen LogP contribution in [0.15, 0.2) is 65.7 Å². The molecule has 184 valence electrons. The van der Waals surface area contributed by atoms with Crippen molar-refractivity contribution in [1.82, 2.24) is 29.8 Å². The third kappa shape index (κ3) is 4.11. The number of carbonyl (C=O) groups excluding carboxylic acids is 1. The molecule has 0 aliphatic carbocycles. The number of tetrazole rings is 1. The average molecular weight is 515 g/mol. The third-order valence-corrected chi connectivity index (χ3v) is 6.90. The number of aromatic amines is 1. The topological polar surface area (TPSA) is 136 Å². The zero-order valence-electron chi connectivity index (χ0n) is 19.3. The number of Topliss-reactive ketones (excluding diaryl/α,β-unsaturated/α-hetero) is 1. The van der Waals surface area contributed by atoms with Crippen molar-refractivity contribution in [2.75, 3.05) is 0 Å². The molecule has 1 unspecified atom stereocenters. The summed E-state index contributed by atoms with van der Waals surface area (Å²) in [5.41, 5.74) is 4.10. The van der Waals surface area contributed by atoms with Crippen LogP contribution in [0.4, 0.5) is 0 Å². The second kappa shape index (κ2) is 8.82. The number of pyridine rings is 1. The van der Waals surface area contributed by atoms with Gasteiger partial charge in [-0.15, -0.1) is 5.10 Å². The molecule has 0 amide bonds. The summed E-state index contributed by atoms with van der Waals surface area (Å²) in [6.45, 7) is 0. The van der Waals surface area contributed by atoms with Crippen LogP contribution in [0.25, 0.3) is 27.7 Å². The molecule has 1 atom stereocenters. The quantitative estimate of drug-likeness (QED) is 0.353. The maximum absolute atomic E-state index is 13.3. The molecule has 0 saturated carbocycles. The molecule has 4 heterocycles. The van der Waals surface area contributed by atoms with Gasteiger partial charge in [-0.1, -0.05) is 17.7 Å². The van der Waals surface area contributed by atoms with E-state index in [-0.39, 0.29) is 23.5 Å². The molecule has 0 radical (unpaired) electrons. The first-order chi connectivity index (χ1) is 17.9. The first-order valence-corrected chi connectivity index (χ1v) is 11.9. The van der Waals surface area contributed by atoms with Crippen LogP contribution in [-0.2, 0) is 17.6 Å². The van der Waals surface area contributed by atoms with E-state index in [1.807, 2.05) is 6.07 Å². The number of aryl methyl sites for hydroxylation is 1. The summed E-state index contributed by atoms with van der Waals surface area (Å²) in [7, 11) is 0. The van der Waals surface area contributed by atoms with E-state index in [4.69, 9.17) is 11.6 Å². The van der Waals surface area contributed by atoms with E-state index < -0.39 is 12.0 Å². The monoisotopic (exact) mass is 514 g/mol. The molecule has 2 N–H and O–H groups in total. The van der Waals surface area contributed by atoms with Gasteiger partial charge in [0.15, 0.2) is 5.78 Å². The van der Waals surface area contributed by atoms with Gasteiger partial charge in [0, 0.05) is 39.7 Å². The van der Waals surface area contributed by atoms with E-state index in [9.17, 15) is 19.5 Å². The molecule has 37 heavy (non-hydrogen) atoms. The minimum Gasteiger partial charge on any atom is -0.477 e. The summed E-state index contributed by atoms with van der Waals surface area (Å²) in [5, 5.41) is 21.8. The lowest BCUT2D eigenvalue weighted by atomic mass is 10.0. The molecule has 1 aliphatic rings. The van der Waals surface area contributed by atoms with Crippen LogP contribution in [0.5, 0.6) is 0 Å². The Morgan fingerprint density at radius 1 is 1.11 bits per heavy atom. The number of carbonyl (C=O) groups is 2. The van der Waals surface area contributed by atoms with Gasteiger partial charge in [-0.2, -0.15) is 4.68 Å². The second-order valence-corrected chi connectivity index (χ2v) is 9.40. The van der Waals surface area contributed by atoms with Crippen molar-refractivity contribution in [3.63, 3.8) is 0 Å². The molecule has 6 rings (SSSR count). The van der Waals surface area contributed by atoms with Crippen molar-refractivity contribution in [3.05, 3.63) is 93.3 Å². The van der Waals surface area contributed by atoms with Gasteiger partial charge in [0.2, 0.25) is 0 Å². The Balaban J connectivity index is 1.31. The van der Waals surface area contributed by atoms with Crippen molar-refractivity contribution in [3.8, 4) is 16.8 Å². The molecule has 11 heteroatoms. The number of hydrogen-bond acceptors (Lipinski definition) is 6. The van der Waals surface area contributed by atoms with Crippen molar-refractivity contribution in [1.29, 1.82) is 0 Å². The van der Waals surface area contributed by atoms with Crippen molar-refractivity contribution >= 4 is 34.3 Å². The number of nitrogens with one attached hydrogen (secondary N) is 1. The van der Waals surface area contributed by atoms with E-state index in [1.165, 1.54) is 17.1 Å². The Bertz CT molecular complexity index is 1760. The van der Waals surface area contributed by atoms with Crippen molar-refractivity contribution in [2.24, 2.45) is 0 Å². The van der Waals surface area contributed by atoms with Gasteiger partial charge in [-0.3, -0.25) is 9.59 Å². The van der Waals surface area contributed by atoms with Gasteiger partial charge in [-0.05, 0) is 76.9 Å². The predicted octanol–water partition coefficient (Wildman–Crippen LogP) is 3.62. The number of nitrogens with zero attached hydrogens (tertiary/aromatic N) is 5. The third-order valence-electron chi connectivity index (χ3n) is 6.66. The van der Waals surface area contributed by atoms with E-state index in [0.29, 0.717) is 40.2 Å². The fourth-order valence-electron chi connectivity index (χ4n) is 4.99. The Labute approximate surface area is 214 Å². The fourth-order valence-corrected chi connectivity index (χ4v) is 5.16. The zero-order valence-corrected chi connectivity index (χ0v) is 20.0. The molecule has 0 spiro atoms. The van der Waals surface area contributed by atoms with Crippen LogP contribution in [0.2, 0.25) is 5.02 Å². The number of H-pyrrole nitrogens is 1. The second-order valence-electron chi connectivity index (χ2n) is 8.97. The first-order valence-electron chi connectivity index (χ1n) is 11.5. The summed E-state index contributed by atoms with van der Waals surface area (Å²) < 4.78 is 3.08. The molecule has 3 aromatic heterocycles. The van der Waals surface area contributed by atoms with Crippen LogP contribution < -0.4 is 5.56 Å². The molecular formula is C26H19ClN6O4. The Kier molecular flexibility index (Phi) is 5.45. The van der Waals surface area contributed by atoms with Crippen LogP contribution >= 0.6 is 11.6 Å². The number of aromatic nitrogens is 6. The number of aromatic carboxylic acids is 1. The number of carboxylic acid groups (broad SMARTS) is 1. The highest BCUT2D eigenvalue weighted by Gasteiger charge is 2.30. The summed E-state index contributed by atoms with van der Waals surface area (Å²) in [6, 6.07) is 15.0. The number of fused-ring (bicyclic) bond motifs is 2. The van der Waals surface area contributed by atoms with Gasteiger partial charge in [0.25, 0.3) is 5.56 Å². The number of benzene rings is 2. The molecule has 2 aromatic carbocycles. The van der Waals surface area contributed by atoms with Gasteiger partial charge >= 0.3 is 5.97 Å². The van der Waals surface area contributed by atoms with Gasteiger partial charge in [0.1, 0.15) is 12.0 Å². The van der Waals surface area contributed by atoms with E-state index in [1.54, 1.807) is 47.0 Å². The Morgan fingerprint density at radius 3 is 2.76 bits per heavy atom. The summed E-state index contributed by atoms with van der Waals surface area (Å²) in [5.74, 6) is -1.11. The van der Waals surface area contributed by atoms with E-state index in [0.717, 1.165) is 16.6 Å². The number of rotatable bonds is 6. The van der Waals surface area contributed by atoms with Crippen molar-refractivity contribution < 1.29 is 14.7 Å². The highest BCUT2D eigenvalue weighted by atomic mass is 35.5. The highest BCUT2D eigenvalue weighted by molar-refractivity contribution is 6.31. The fraction of sp³-hybridized carbons (Fsp3) is 0.154. The summed E-state index contributed by atoms with van der Waals surface area (Å²) in [6.07, 6.45) is 2.72. The minimum absolute atomic E-state index is 0.0703. The SMILES string of the molecule is O=C(O)c1cc2cc(CC(=O)C3CCc4cc(-c5cc(Cl)ccc5-n5cnnn5)cc(=O)n43)ccc2[nH]1. The van der Waals surface area contributed by atoms with Crippen LogP contribution in [0, 0.1) is 0 Å². The van der Waals surface area contributed by atoms with Gasteiger partial charge in [0.05, 0.1) is 11.7 Å². The van der Waals surface area contributed by atoms with Gasteiger partial charge in [-0.25, -0.2) is 4.79 Å². The van der Waals surface area contributed by atoms with Crippen LogP contribution in [-0.4, -0.2) is 46.6 Å². The largest absolute Gasteiger partial charge is 0.477 e. The standard InChI is InChI=1S/C26H19ClN6O4/c27-17-2-5-22(32-13-28-30-31-32)19(12-17)15-9-18-3-6-23(33(18)25(35)11-15)24(34)8-14-1-4-20-16(7-14)10-21(29-20)26(36)37/h1-2,4-5,7,9-13,23,29H,3,6,8H2,(H,36,37). The summed E-state index contributed by atoms with van der Waals surface area (Å²) >= 11 is 6.26. The molecular weight excluding hydrogens is 496 g/mol. The van der Waals surface area contributed by atoms with Gasteiger partial charge < -0.3 is 14.7 Å². The lowest BCUT2D eigenvalue weighted by Gasteiger charge is -2.15. The molecule has 10 nitrogen and oxygen atoms in total. The Morgan fingerprint density at radius 2 is 1.97 bits per heavy atom. The average Bonchev–Trinajstić information content (AvgIpc) is 3.63. The summed E-state index contributed by atoms with van der Waals surface area (Å²) in [4.78, 5) is 40.6. The Hall–Kier alpha value is -4.57. The molecule has 1 aliphatic heterocycles. The number of halogens is 1. The van der Waals surface area contributed by atoms with Crippen LogP contribution in [0.1, 0.15) is 34.2 Å². The predicted molar refractivity (Wildman–Crippen MR) is 135 cm³/mol. The lowest BCUT2D eigenvalue weighted by Crippen LogP contribution is -2.28. The zero-order chi connectivity index (χ0) is 25.7. The minimum atomic E-state index is -1.04. The molecule has 0 fully saturated rings.